The van der Waals surface area contributed by atoms with Crippen molar-refractivity contribution in [3.63, 3.8) is 0 Å². The van der Waals surface area contributed by atoms with Gasteiger partial charge in [-0.15, -0.1) is 0 Å². The van der Waals surface area contributed by atoms with E-state index in [1.54, 1.807) is 31.2 Å². The highest BCUT2D eigenvalue weighted by Crippen LogP contribution is 2.33. The van der Waals surface area contributed by atoms with Gasteiger partial charge in [0.2, 0.25) is 0 Å². The van der Waals surface area contributed by atoms with Crippen LogP contribution in [0.15, 0.2) is 54.6 Å². The molecule has 1 amide bonds. The molecule has 182 valence electrons. The maximum Gasteiger partial charge on any atom is 0.433 e. The average Bonchev–Trinajstić information content (AvgIpc) is 3.23. The fourth-order valence-corrected chi connectivity index (χ4v) is 3.32. The Morgan fingerprint density at radius 2 is 1.77 bits per heavy atom. The van der Waals surface area contributed by atoms with E-state index in [1.807, 2.05) is 0 Å². The van der Waals surface area contributed by atoms with E-state index in [9.17, 15) is 26.7 Å². The van der Waals surface area contributed by atoms with Crippen molar-refractivity contribution in [2.24, 2.45) is 0 Å². The summed E-state index contributed by atoms with van der Waals surface area (Å²) in [5, 5.41) is 6.12. The minimum atomic E-state index is -4.81. The van der Waals surface area contributed by atoms with E-state index in [4.69, 9.17) is 4.74 Å². The number of nitrogens with one attached hydrogen (secondary N) is 1. The van der Waals surface area contributed by atoms with Crippen molar-refractivity contribution in [2.75, 3.05) is 12.4 Å². The molecule has 0 saturated carbocycles. The van der Waals surface area contributed by atoms with Crippen molar-refractivity contribution < 1.29 is 36.2 Å². The smallest absolute Gasteiger partial charge is 0.433 e. The number of rotatable bonds is 6. The number of amides is 1. The van der Waals surface area contributed by atoms with Crippen LogP contribution in [0, 0.1) is 6.92 Å². The number of nitrogens with zero attached hydrogens (tertiary/aromatic N) is 3. The van der Waals surface area contributed by atoms with Gasteiger partial charge >= 0.3 is 12.8 Å². The number of hydrogen-bond acceptors (Lipinski definition) is 5. The molecule has 0 atom stereocenters. The highest BCUT2D eigenvalue weighted by Gasteiger charge is 2.35. The molecule has 0 radical (unpaired) electrons. The summed E-state index contributed by atoms with van der Waals surface area (Å²) in [7, 11) is 1.46. The van der Waals surface area contributed by atoms with E-state index >= 15 is 0 Å². The van der Waals surface area contributed by atoms with Gasteiger partial charge in [-0.2, -0.15) is 27.1 Å². The Kier molecular flexibility index (Phi) is 6.29. The minimum Gasteiger partial charge on any atom is -0.497 e. The number of halogens is 5. The Balaban J connectivity index is 1.74. The summed E-state index contributed by atoms with van der Waals surface area (Å²) in [4.78, 5) is 17.0. The van der Waals surface area contributed by atoms with Crippen LogP contribution in [0.1, 0.15) is 21.7 Å². The van der Waals surface area contributed by atoms with Gasteiger partial charge < -0.3 is 14.8 Å². The number of aromatic nitrogens is 3. The van der Waals surface area contributed by atoms with E-state index in [0.717, 1.165) is 12.1 Å². The number of alkyl halides is 5. The Morgan fingerprint density at radius 3 is 2.40 bits per heavy atom. The molecule has 0 aliphatic heterocycles. The van der Waals surface area contributed by atoms with Crippen molar-refractivity contribution in [3.05, 3.63) is 71.5 Å². The quantitative estimate of drug-likeness (QED) is 0.356. The fraction of sp³-hybridized carbons (Fsp3) is 0.174. The van der Waals surface area contributed by atoms with Gasteiger partial charge in [-0.25, -0.2) is 9.50 Å². The zero-order valence-corrected chi connectivity index (χ0v) is 18.2. The van der Waals surface area contributed by atoms with Crippen LogP contribution < -0.4 is 14.8 Å². The number of fused-ring (bicyclic) bond motifs is 1. The lowest BCUT2D eigenvalue weighted by Gasteiger charge is -2.12. The molecular weight excluding hydrogens is 475 g/mol. The third-order valence-electron chi connectivity index (χ3n) is 4.94. The molecule has 2 aromatic carbocycles. The summed E-state index contributed by atoms with van der Waals surface area (Å²) in [5.74, 6) is -0.724. The summed E-state index contributed by atoms with van der Waals surface area (Å²) in [5.41, 5.74) is -0.851. The molecule has 0 aliphatic rings. The molecule has 0 bridgehead atoms. The molecule has 0 aliphatic carbocycles. The van der Waals surface area contributed by atoms with Crippen molar-refractivity contribution in [1.82, 2.24) is 14.6 Å². The van der Waals surface area contributed by atoms with Crippen molar-refractivity contribution >= 4 is 17.2 Å². The second-order valence-corrected chi connectivity index (χ2v) is 7.38. The lowest BCUT2D eigenvalue weighted by atomic mass is 10.1. The lowest BCUT2D eigenvalue weighted by molar-refractivity contribution is -0.142. The lowest BCUT2D eigenvalue weighted by Crippen LogP contribution is -2.16. The van der Waals surface area contributed by atoms with Gasteiger partial charge in [-0.1, -0.05) is 6.07 Å². The number of ether oxygens (including phenoxy) is 2. The van der Waals surface area contributed by atoms with E-state index in [1.165, 1.54) is 25.3 Å². The number of aryl methyl sites for hydroxylation is 1. The van der Waals surface area contributed by atoms with Crippen LogP contribution in [0.2, 0.25) is 0 Å². The molecule has 1 N–H and O–H groups in total. The summed E-state index contributed by atoms with van der Waals surface area (Å²) in [6, 6.07) is 12.2. The van der Waals surface area contributed by atoms with Gasteiger partial charge in [0.15, 0.2) is 17.0 Å². The van der Waals surface area contributed by atoms with Crippen LogP contribution in [0.5, 0.6) is 11.5 Å². The Hall–Kier alpha value is -4.22. The first-order valence-corrected chi connectivity index (χ1v) is 10.0. The predicted molar refractivity (Wildman–Crippen MR) is 116 cm³/mol. The molecule has 0 spiro atoms. The normalized spacial score (nSPS) is 11.7. The molecule has 0 fully saturated rings. The first-order valence-electron chi connectivity index (χ1n) is 10.0. The van der Waals surface area contributed by atoms with Gasteiger partial charge in [-0.05, 0) is 55.0 Å². The van der Waals surface area contributed by atoms with Crippen molar-refractivity contribution in [2.45, 2.75) is 19.7 Å². The molecular formula is C23H17F5N4O3. The zero-order chi connectivity index (χ0) is 25.3. The minimum absolute atomic E-state index is 0.00522. The zero-order valence-electron chi connectivity index (χ0n) is 18.2. The number of methoxy groups -OCH3 is 1. The molecule has 0 unspecified atom stereocenters. The van der Waals surface area contributed by atoms with E-state index in [0.29, 0.717) is 21.4 Å². The fourth-order valence-electron chi connectivity index (χ4n) is 3.32. The number of anilines is 1. The Morgan fingerprint density at radius 1 is 1.06 bits per heavy atom. The third kappa shape index (κ3) is 5.15. The highest BCUT2D eigenvalue weighted by molar-refractivity contribution is 6.04. The second kappa shape index (κ2) is 9.20. The van der Waals surface area contributed by atoms with Crippen LogP contribution in [0.3, 0.4) is 0 Å². The molecule has 0 saturated heterocycles. The van der Waals surface area contributed by atoms with E-state index in [2.05, 4.69) is 20.1 Å². The first kappa shape index (κ1) is 23.9. The van der Waals surface area contributed by atoms with Gasteiger partial charge in [0.05, 0.1) is 18.5 Å². The number of benzene rings is 2. The molecule has 35 heavy (non-hydrogen) atoms. The van der Waals surface area contributed by atoms with Crippen molar-refractivity contribution in [1.29, 1.82) is 0 Å². The number of carbonyl (C=O) groups excluding carboxylic acids is 1. The Labute approximate surface area is 195 Å². The molecule has 4 rings (SSSR count). The van der Waals surface area contributed by atoms with Gasteiger partial charge in [0.25, 0.3) is 5.91 Å². The van der Waals surface area contributed by atoms with Crippen LogP contribution in [-0.2, 0) is 6.18 Å². The summed E-state index contributed by atoms with van der Waals surface area (Å²) in [6.07, 6.45) is -4.81. The molecule has 2 aromatic heterocycles. The summed E-state index contributed by atoms with van der Waals surface area (Å²) >= 11 is 0. The molecule has 7 nitrogen and oxygen atoms in total. The molecule has 12 heteroatoms. The van der Waals surface area contributed by atoms with Crippen LogP contribution in [0.4, 0.5) is 27.6 Å². The van der Waals surface area contributed by atoms with Crippen molar-refractivity contribution in [3.8, 4) is 22.8 Å². The monoisotopic (exact) mass is 492 g/mol. The van der Waals surface area contributed by atoms with Crippen LogP contribution in [-0.4, -0.2) is 34.2 Å². The number of carbonyl (C=O) groups is 1. The van der Waals surface area contributed by atoms with Crippen LogP contribution in [0.25, 0.3) is 16.9 Å². The maximum atomic E-state index is 13.8. The summed E-state index contributed by atoms with van der Waals surface area (Å²) < 4.78 is 76.8. The van der Waals surface area contributed by atoms with Gasteiger partial charge in [0, 0.05) is 11.6 Å². The van der Waals surface area contributed by atoms with Crippen LogP contribution >= 0.6 is 0 Å². The molecule has 2 heterocycles. The topological polar surface area (TPSA) is 77.8 Å². The van der Waals surface area contributed by atoms with Gasteiger partial charge in [0.1, 0.15) is 11.5 Å². The first-order chi connectivity index (χ1) is 16.5. The standard InChI is InChI=1S/C23H17F5N4O3/c1-12-3-8-18(35-22(24)25)16(9-12)30-21(33)17-11-20-29-15(13-4-6-14(34-2)7-5-13)10-19(23(26,27)28)32(20)31-17/h3-11,22H,1-2H3,(H,30,33). The summed E-state index contributed by atoms with van der Waals surface area (Å²) in [6.45, 7) is -1.48. The molecule has 4 aromatic rings. The second-order valence-electron chi connectivity index (χ2n) is 7.38. The third-order valence-corrected chi connectivity index (χ3v) is 4.94. The maximum absolute atomic E-state index is 13.8. The predicted octanol–water partition coefficient (Wildman–Crippen LogP) is 5.59. The number of hydrogen-bond donors (Lipinski definition) is 1. The highest BCUT2D eigenvalue weighted by atomic mass is 19.4. The Bertz CT molecular complexity index is 1380. The van der Waals surface area contributed by atoms with Gasteiger partial charge in [-0.3, -0.25) is 4.79 Å². The average molecular weight is 492 g/mol. The largest absolute Gasteiger partial charge is 0.497 e. The SMILES string of the molecule is COc1ccc(-c2cc(C(F)(F)F)n3nc(C(=O)Nc4cc(C)ccc4OC(F)F)cc3n2)cc1. The van der Waals surface area contributed by atoms with E-state index in [-0.39, 0.29) is 22.8 Å². The van der Waals surface area contributed by atoms with E-state index < -0.39 is 30.1 Å².